The average molecular weight is 456 g/mol. The van der Waals surface area contributed by atoms with Crippen LogP contribution < -0.4 is 5.32 Å². The average Bonchev–Trinajstić information content (AvgIpc) is 3.13. The molecule has 164 valence electrons. The zero-order valence-corrected chi connectivity index (χ0v) is 18.8. The van der Waals surface area contributed by atoms with Gasteiger partial charge in [-0.05, 0) is 18.2 Å². The molecule has 1 aliphatic heterocycles. The summed E-state index contributed by atoms with van der Waals surface area (Å²) in [5, 5.41) is 6.98. The number of rotatable bonds is 7. The number of nitrogens with one attached hydrogen (secondary N) is 1. The molecule has 0 unspecified atom stereocenters. The van der Waals surface area contributed by atoms with Crippen molar-refractivity contribution in [3.8, 4) is 0 Å². The first-order valence-corrected chi connectivity index (χ1v) is 12.0. The zero-order valence-electron chi connectivity index (χ0n) is 17.3. The van der Waals surface area contributed by atoms with Gasteiger partial charge in [-0.1, -0.05) is 30.6 Å². The van der Waals surface area contributed by atoms with Crippen molar-refractivity contribution in [1.82, 2.24) is 19.9 Å². The van der Waals surface area contributed by atoms with Crippen LogP contribution in [0.2, 0.25) is 5.02 Å². The number of piperazine rings is 1. The van der Waals surface area contributed by atoms with Gasteiger partial charge < -0.3 is 9.84 Å². The second-order valence-electron chi connectivity index (χ2n) is 7.72. The van der Waals surface area contributed by atoms with Gasteiger partial charge in [0.1, 0.15) is 0 Å². The SMILES string of the molecule is CC(C)c1noc(CN2CCN(CC(=O)Nc3cc(S(C)(=O)=O)ccc3Cl)CC2)n1. The Hall–Kier alpha value is -2.01. The minimum absolute atomic E-state index is 0.109. The Labute approximate surface area is 181 Å². The predicted molar refractivity (Wildman–Crippen MR) is 113 cm³/mol. The number of carbonyl (C=O) groups is 1. The van der Waals surface area contributed by atoms with E-state index in [1.807, 2.05) is 18.7 Å². The Morgan fingerprint density at radius 2 is 1.90 bits per heavy atom. The van der Waals surface area contributed by atoms with Crippen molar-refractivity contribution in [3.63, 3.8) is 0 Å². The number of nitrogens with zero attached hydrogens (tertiary/aromatic N) is 4. The highest BCUT2D eigenvalue weighted by molar-refractivity contribution is 7.90. The Kier molecular flexibility index (Phi) is 7.12. The standard InChI is InChI=1S/C19H26ClN5O4S/c1-13(2)19-22-18(29-23-19)12-25-8-6-24(7-9-25)11-17(26)21-16-10-14(30(3,27)28)4-5-15(16)20/h4-5,10,13H,6-9,11-12H2,1-3H3,(H,21,26). The van der Waals surface area contributed by atoms with Gasteiger partial charge in [-0.25, -0.2) is 8.42 Å². The zero-order chi connectivity index (χ0) is 21.9. The van der Waals surface area contributed by atoms with Crippen LogP contribution in [0.15, 0.2) is 27.6 Å². The second kappa shape index (κ2) is 9.42. The largest absolute Gasteiger partial charge is 0.338 e. The fourth-order valence-electron chi connectivity index (χ4n) is 3.09. The maximum Gasteiger partial charge on any atom is 0.240 e. The number of hydrogen-bond acceptors (Lipinski definition) is 8. The lowest BCUT2D eigenvalue weighted by atomic mass is 10.2. The van der Waals surface area contributed by atoms with Crippen LogP contribution >= 0.6 is 11.6 Å². The van der Waals surface area contributed by atoms with Gasteiger partial charge in [0.05, 0.1) is 28.7 Å². The summed E-state index contributed by atoms with van der Waals surface area (Å²) in [6, 6.07) is 4.26. The molecule has 30 heavy (non-hydrogen) atoms. The van der Waals surface area contributed by atoms with E-state index in [9.17, 15) is 13.2 Å². The van der Waals surface area contributed by atoms with Crippen LogP contribution in [-0.2, 0) is 21.2 Å². The smallest absolute Gasteiger partial charge is 0.240 e. The molecule has 1 fully saturated rings. The molecule has 1 saturated heterocycles. The highest BCUT2D eigenvalue weighted by atomic mass is 35.5. The normalized spacial score (nSPS) is 16.2. The number of amides is 1. The molecule has 1 N–H and O–H groups in total. The van der Waals surface area contributed by atoms with Gasteiger partial charge in [0.2, 0.25) is 11.8 Å². The van der Waals surface area contributed by atoms with E-state index in [4.69, 9.17) is 16.1 Å². The Morgan fingerprint density at radius 3 is 2.50 bits per heavy atom. The predicted octanol–water partition coefficient (Wildman–Crippen LogP) is 2.01. The van der Waals surface area contributed by atoms with E-state index in [1.54, 1.807) is 0 Å². The first kappa shape index (κ1) is 22.7. The molecular weight excluding hydrogens is 430 g/mol. The van der Waals surface area contributed by atoms with Crippen LogP contribution in [-0.4, -0.2) is 73.2 Å². The van der Waals surface area contributed by atoms with Gasteiger partial charge in [0.25, 0.3) is 0 Å². The first-order valence-electron chi connectivity index (χ1n) is 9.68. The van der Waals surface area contributed by atoms with Gasteiger partial charge in [-0.2, -0.15) is 4.98 Å². The van der Waals surface area contributed by atoms with Gasteiger partial charge in [-0.3, -0.25) is 14.6 Å². The Bertz CT molecular complexity index is 1000. The summed E-state index contributed by atoms with van der Waals surface area (Å²) < 4.78 is 28.7. The number of hydrogen-bond donors (Lipinski definition) is 1. The molecule has 2 aromatic rings. The van der Waals surface area contributed by atoms with Gasteiger partial charge in [-0.15, -0.1) is 0 Å². The lowest BCUT2D eigenvalue weighted by molar-refractivity contribution is -0.117. The molecule has 1 amide bonds. The summed E-state index contributed by atoms with van der Waals surface area (Å²) in [7, 11) is -3.38. The minimum Gasteiger partial charge on any atom is -0.338 e. The third-order valence-corrected chi connectivity index (χ3v) is 6.27. The molecule has 0 bridgehead atoms. The summed E-state index contributed by atoms with van der Waals surface area (Å²) in [4.78, 5) is 21.2. The maximum atomic E-state index is 12.4. The second-order valence-corrected chi connectivity index (χ2v) is 10.1. The van der Waals surface area contributed by atoms with Crippen molar-refractivity contribution >= 4 is 33.0 Å². The summed E-state index contributed by atoms with van der Waals surface area (Å²) in [5.74, 6) is 1.29. The van der Waals surface area contributed by atoms with Crippen molar-refractivity contribution in [2.45, 2.75) is 31.2 Å². The molecule has 0 radical (unpaired) electrons. The summed E-state index contributed by atoms with van der Waals surface area (Å²) in [6.07, 6.45) is 1.11. The molecule has 11 heteroatoms. The lowest BCUT2D eigenvalue weighted by Crippen LogP contribution is -2.48. The number of sulfone groups is 1. The number of anilines is 1. The molecule has 0 spiro atoms. The molecule has 1 aromatic heterocycles. The third kappa shape index (κ3) is 6.00. The monoisotopic (exact) mass is 455 g/mol. The van der Waals surface area contributed by atoms with Crippen LogP contribution in [0, 0.1) is 0 Å². The summed E-state index contributed by atoms with van der Waals surface area (Å²) in [6.45, 7) is 7.81. The van der Waals surface area contributed by atoms with Crippen molar-refractivity contribution in [2.75, 3.05) is 44.3 Å². The number of aromatic nitrogens is 2. The lowest BCUT2D eigenvalue weighted by Gasteiger charge is -2.33. The third-order valence-electron chi connectivity index (χ3n) is 4.83. The van der Waals surface area contributed by atoms with Crippen molar-refractivity contribution in [1.29, 1.82) is 0 Å². The van der Waals surface area contributed by atoms with Gasteiger partial charge in [0.15, 0.2) is 15.7 Å². The first-order chi connectivity index (χ1) is 14.1. The van der Waals surface area contributed by atoms with Crippen LogP contribution in [0.4, 0.5) is 5.69 Å². The molecule has 9 nitrogen and oxygen atoms in total. The molecule has 1 aromatic carbocycles. The topological polar surface area (TPSA) is 109 Å². The number of benzene rings is 1. The van der Waals surface area contributed by atoms with Gasteiger partial charge in [0, 0.05) is 38.4 Å². The van der Waals surface area contributed by atoms with E-state index in [0.29, 0.717) is 29.0 Å². The van der Waals surface area contributed by atoms with Crippen molar-refractivity contribution in [2.24, 2.45) is 0 Å². The van der Waals surface area contributed by atoms with Crippen molar-refractivity contribution < 1.29 is 17.7 Å². The maximum absolute atomic E-state index is 12.4. The molecule has 2 heterocycles. The van der Waals surface area contributed by atoms with E-state index >= 15 is 0 Å². The van der Waals surface area contributed by atoms with E-state index in [-0.39, 0.29) is 23.3 Å². The fraction of sp³-hybridized carbons (Fsp3) is 0.526. The minimum atomic E-state index is -3.38. The molecule has 0 atom stereocenters. The van der Waals surface area contributed by atoms with E-state index in [0.717, 1.165) is 32.4 Å². The van der Waals surface area contributed by atoms with Crippen LogP contribution in [0.3, 0.4) is 0 Å². The summed E-state index contributed by atoms with van der Waals surface area (Å²) in [5.41, 5.74) is 0.292. The highest BCUT2D eigenvalue weighted by Gasteiger charge is 2.22. The molecular formula is C19H26ClN5O4S. The summed E-state index contributed by atoms with van der Waals surface area (Å²) >= 11 is 6.10. The molecule has 0 aliphatic carbocycles. The molecule has 1 aliphatic rings. The van der Waals surface area contributed by atoms with E-state index in [1.165, 1.54) is 18.2 Å². The van der Waals surface area contributed by atoms with E-state index in [2.05, 4.69) is 20.4 Å². The van der Waals surface area contributed by atoms with E-state index < -0.39 is 9.84 Å². The molecule has 0 saturated carbocycles. The molecule has 3 rings (SSSR count). The fourth-order valence-corrected chi connectivity index (χ4v) is 3.90. The van der Waals surface area contributed by atoms with Crippen LogP contribution in [0.25, 0.3) is 0 Å². The van der Waals surface area contributed by atoms with Crippen LogP contribution in [0.1, 0.15) is 31.5 Å². The van der Waals surface area contributed by atoms with Gasteiger partial charge >= 0.3 is 0 Å². The Morgan fingerprint density at radius 1 is 1.23 bits per heavy atom. The quantitative estimate of drug-likeness (QED) is 0.675. The Balaban J connectivity index is 1.49. The number of halogens is 1. The van der Waals surface area contributed by atoms with Crippen LogP contribution in [0.5, 0.6) is 0 Å². The van der Waals surface area contributed by atoms with Crippen molar-refractivity contribution in [3.05, 3.63) is 34.9 Å². The number of carbonyl (C=O) groups excluding carboxylic acids is 1. The highest BCUT2D eigenvalue weighted by Crippen LogP contribution is 2.25.